The number of methoxy groups -OCH3 is 1. The molecule has 0 unspecified atom stereocenters. The second-order valence-electron chi connectivity index (χ2n) is 5.31. The van der Waals surface area contributed by atoms with E-state index in [1.165, 1.54) is 19.4 Å². The summed E-state index contributed by atoms with van der Waals surface area (Å²) in [6.07, 6.45) is -6.04. The molecule has 29 heavy (non-hydrogen) atoms. The maximum atomic E-state index is 13.0. The minimum atomic E-state index is -4.93. The van der Waals surface area contributed by atoms with Gasteiger partial charge < -0.3 is 9.47 Å². The molecule has 0 aliphatic rings. The molecule has 0 saturated heterocycles. The van der Waals surface area contributed by atoms with E-state index in [1.807, 2.05) is 0 Å². The molecule has 0 amide bonds. The van der Waals surface area contributed by atoms with Crippen LogP contribution in [0.5, 0.6) is 11.6 Å². The van der Waals surface area contributed by atoms with Gasteiger partial charge in [-0.15, -0.1) is 22.6 Å². The number of benzene rings is 1. The lowest BCUT2D eigenvalue weighted by molar-refractivity contribution is -0.276. The molecule has 3 rings (SSSR count). The first-order chi connectivity index (χ1) is 13.5. The number of rotatable bonds is 5. The molecule has 0 aliphatic carbocycles. The average Bonchev–Trinajstić information content (AvgIpc) is 3.26. The fourth-order valence-corrected chi connectivity index (χ4v) is 2.58. The van der Waals surface area contributed by atoms with Crippen molar-refractivity contribution in [2.45, 2.75) is 12.5 Å². The third kappa shape index (κ3) is 5.22. The van der Waals surface area contributed by atoms with Crippen LogP contribution in [-0.2, 0) is 6.18 Å². The van der Waals surface area contributed by atoms with Gasteiger partial charge in [0.1, 0.15) is 17.8 Å². The first-order valence-electron chi connectivity index (χ1n) is 7.49. The Bertz CT molecular complexity index is 1030. The molecule has 0 fully saturated rings. The Morgan fingerprint density at radius 3 is 2.48 bits per heavy atom. The molecule has 0 saturated carbocycles. The predicted octanol–water partition coefficient (Wildman–Crippen LogP) is 4.35. The molecule has 1 aromatic carbocycles. The molecular formula is C15H9F6N5O2S. The van der Waals surface area contributed by atoms with Crippen LogP contribution in [0.25, 0.3) is 23.7 Å². The Balaban J connectivity index is 1.85. The SMILES string of the molecule is COc1cc(-c2ncn(/C=C\c3nsnc3OC(F)(F)F)n2)cc(C(F)(F)F)c1. The van der Waals surface area contributed by atoms with E-state index in [-0.39, 0.29) is 22.8 Å². The Kier molecular flexibility index (Phi) is 5.46. The van der Waals surface area contributed by atoms with Crippen LogP contribution in [0.4, 0.5) is 26.3 Å². The van der Waals surface area contributed by atoms with E-state index < -0.39 is 24.0 Å². The van der Waals surface area contributed by atoms with Crippen molar-refractivity contribution in [3.05, 3.63) is 35.8 Å². The van der Waals surface area contributed by atoms with Crippen LogP contribution < -0.4 is 9.47 Å². The van der Waals surface area contributed by atoms with Crippen LogP contribution in [0.3, 0.4) is 0 Å². The highest BCUT2D eigenvalue weighted by atomic mass is 32.1. The minimum absolute atomic E-state index is 0.0378. The monoisotopic (exact) mass is 437 g/mol. The molecule has 0 radical (unpaired) electrons. The topological polar surface area (TPSA) is 75.0 Å². The standard InChI is InChI=1S/C15H9F6N5O2S/c1-27-10-5-8(4-9(6-10)14(16,17)18)12-22-7-26(23-12)3-2-11-13(25-29-24-11)28-15(19,20)21/h2-7H,1H3/b3-2-. The first-order valence-corrected chi connectivity index (χ1v) is 8.22. The maximum Gasteiger partial charge on any atom is 0.574 e. The second kappa shape index (κ2) is 7.69. The summed E-state index contributed by atoms with van der Waals surface area (Å²) in [5.41, 5.74) is -1.11. The van der Waals surface area contributed by atoms with Crippen molar-refractivity contribution in [2.24, 2.45) is 0 Å². The van der Waals surface area contributed by atoms with Crippen LogP contribution in [0.2, 0.25) is 0 Å². The largest absolute Gasteiger partial charge is 0.574 e. The zero-order valence-electron chi connectivity index (χ0n) is 14.2. The van der Waals surface area contributed by atoms with Crippen molar-refractivity contribution in [1.29, 1.82) is 0 Å². The maximum absolute atomic E-state index is 13.0. The summed E-state index contributed by atoms with van der Waals surface area (Å²) in [7, 11) is 1.22. The highest BCUT2D eigenvalue weighted by Crippen LogP contribution is 2.34. The van der Waals surface area contributed by atoms with Crippen LogP contribution in [0.1, 0.15) is 11.3 Å². The number of ether oxygens (including phenoxy) is 2. The van der Waals surface area contributed by atoms with E-state index in [2.05, 4.69) is 23.6 Å². The van der Waals surface area contributed by atoms with Gasteiger partial charge in [-0.1, -0.05) is 0 Å². The number of hydrogen-bond donors (Lipinski definition) is 0. The number of alkyl halides is 6. The number of nitrogens with zero attached hydrogens (tertiary/aromatic N) is 5. The van der Waals surface area contributed by atoms with Crippen LogP contribution >= 0.6 is 11.7 Å². The van der Waals surface area contributed by atoms with Gasteiger partial charge in [0.15, 0.2) is 5.82 Å². The predicted molar refractivity (Wildman–Crippen MR) is 88.8 cm³/mol. The van der Waals surface area contributed by atoms with Crippen LogP contribution in [0.15, 0.2) is 24.5 Å². The van der Waals surface area contributed by atoms with E-state index in [0.717, 1.165) is 29.2 Å². The molecule has 2 aromatic heterocycles. The molecule has 7 nitrogen and oxygen atoms in total. The molecule has 3 aromatic rings. The highest BCUT2D eigenvalue weighted by molar-refractivity contribution is 6.99. The lowest BCUT2D eigenvalue weighted by Crippen LogP contribution is -2.17. The Hall–Kier alpha value is -3.16. The Labute approximate surface area is 162 Å². The van der Waals surface area contributed by atoms with E-state index in [0.29, 0.717) is 11.7 Å². The van der Waals surface area contributed by atoms with Crippen molar-refractivity contribution >= 4 is 24.0 Å². The van der Waals surface area contributed by atoms with Crippen LogP contribution in [-0.4, -0.2) is 37.0 Å². The van der Waals surface area contributed by atoms with Crippen molar-refractivity contribution in [3.63, 3.8) is 0 Å². The quantitative estimate of drug-likeness (QED) is 0.553. The van der Waals surface area contributed by atoms with Gasteiger partial charge in [0.25, 0.3) is 5.88 Å². The van der Waals surface area contributed by atoms with Gasteiger partial charge in [0.05, 0.1) is 24.4 Å². The number of aromatic nitrogens is 5. The molecule has 154 valence electrons. The summed E-state index contributed by atoms with van der Waals surface area (Å²) < 4.78 is 92.7. The fraction of sp³-hybridized carbons (Fsp3) is 0.200. The zero-order chi connectivity index (χ0) is 21.2. The molecule has 0 bridgehead atoms. The van der Waals surface area contributed by atoms with Gasteiger partial charge >= 0.3 is 12.5 Å². The summed E-state index contributed by atoms with van der Waals surface area (Å²) >= 11 is 0.510. The van der Waals surface area contributed by atoms with Gasteiger partial charge in [-0.05, 0) is 24.3 Å². The van der Waals surface area contributed by atoms with Crippen molar-refractivity contribution in [3.8, 4) is 23.0 Å². The van der Waals surface area contributed by atoms with E-state index in [9.17, 15) is 26.3 Å². The summed E-state index contributed by atoms with van der Waals surface area (Å²) in [5, 5.41) is 3.97. The summed E-state index contributed by atoms with van der Waals surface area (Å²) in [5.74, 6) is -0.826. The van der Waals surface area contributed by atoms with Crippen LogP contribution in [0, 0.1) is 0 Å². The van der Waals surface area contributed by atoms with E-state index in [4.69, 9.17) is 4.74 Å². The normalized spacial score (nSPS) is 12.5. The minimum Gasteiger partial charge on any atom is -0.497 e. The average molecular weight is 437 g/mol. The molecule has 0 aliphatic heterocycles. The first kappa shape index (κ1) is 20.6. The Morgan fingerprint density at radius 1 is 1.07 bits per heavy atom. The summed E-state index contributed by atoms with van der Waals surface area (Å²) in [6.45, 7) is 0. The van der Waals surface area contributed by atoms with Gasteiger partial charge in [-0.25, -0.2) is 9.67 Å². The lowest BCUT2D eigenvalue weighted by Gasteiger charge is -2.10. The summed E-state index contributed by atoms with van der Waals surface area (Å²) in [6, 6.07) is 3.00. The zero-order valence-corrected chi connectivity index (χ0v) is 15.0. The molecule has 0 atom stereocenters. The molecule has 2 heterocycles. The van der Waals surface area contributed by atoms with Crippen molar-refractivity contribution < 1.29 is 35.8 Å². The van der Waals surface area contributed by atoms with Gasteiger partial charge in [0, 0.05) is 11.8 Å². The summed E-state index contributed by atoms with van der Waals surface area (Å²) in [4.78, 5) is 3.90. The Morgan fingerprint density at radius 2 is 1.83 bits per heavy atom. The molecule has 14 heteroatoms. The highest BCUT2D eigenvalue weighted by Gasteiger charge is 2.33. The lowest BCUT2D eigenvalue weighted by atomic mass is 10.1. The van der Waals surface area contributed by atoms with Gasteiger partial charge in [-0.3, -0.25) is 0 Å². The third-order valence-electron chi connectivity index (χ3n) is 3.32. The molecular weight excluding hydrogens is 428 g/mol. The fourth-order valence-electron chi connectivity index (χ4n) is 2.11. The van der Waals surface area contributed by atoms with Gasteiger partial charge in [0.2, 0.25) is 0 Å². The second-order valence-corrected chi connectivity index (χ2v) is 5.84. The number of hydrogen-bond acceptors (Lipinski definition) is 7. The van der Waals surface area contributed by atoms with E-state index >= 15 is 0 Å². The van der Waals surface area contributed by atoms with Crippen molar-refractivity contribution in [1.82, 2.24) is 23.5 Å². The third-order valence-corrected chi connectivity index (χ3v) is 3.84. The number of halogens is 6. The van der Waals surface area contributed by atoms with E-state index in [1.54, 1.807) is 0 Å². The smallest absolute Gasteiger partial charge is 0.497 e. The molecule has 0 N–H and O–H groups in total. The molecule has 0 spiro atoms. The van der Waals surface area contributed by atoms with Crippen molar-refractivity contribution in [2.75, 3.05) is 7.11 Å². The van der Waals surface area contributed by atoms with Gasteiger partial charge in [-0.2, -0.15) is 17.5 Å².